The third-order valence-corrected chi connectivity index (χ3v) is 4.68. The number of hydrogen-bond donors (Lipinski definition) is 2. The number of halogens is 1. The second-order valence-corrected chi connectivity index (χ2v) is 6.98. The topological polar surface area (TPSA) is 69.6 Å². The van der Waals surface area contributed by atoms with E-state index in [0.29, 0.717) is 6.54 Å². The Labute approximate surface area is 138 Å². The number of nitrogens with one attached hydrogen (secondary N) is 1. The number of carboxylic acids is 1. The van der Waals surface area contributed by atoms with Crippen molar-refractivity contribution in [1.82, 2.24) is 10.2 Å². The number of aliphatic carboxylic acids is 1. The second-order valence-electron chi connectivity index (χ2n) is 6.07. The van der Waals surface area contributed by atoms with E-state index in [1.54, 1.807) is 14.0 Å². The Kier molecular flexibility index (Phi) is 5.11. The summed E-state index contributed by atoms with van der Waals surface area (Å²) >= 11 is 3.48. The summed E-state index contributed by atoms with van der Waals surface area (Å²) in [6, 6.07) is 7.94. The van der Waals surface area contributed by atoms with Crippen molar-refractivity contribution in [3.05, 3.63) is 34.3 Å². The normalized spacial score (nSPS) is 16.7. The lowest BCUT2D eigenvalue weighted by molar-refractivity contribution is -0.141. The maximum Gasteiger partial charge on any atom is 0.317 e. The van der Waals surface area contributed by atoms with E-state index in [4.69, 9.17) is 5.11 Å². The van der Waals surface area contributed by atoms with Crippen molar-refractivity contribution in [2.24, 2.45) is 5.92 Å². The van der Waals surface area contributed by atoms with Gasteiger partial charge in [-0.25, -0.2) is 4.79 Å². The molecule has 2 N–H and O–H groups in total. The van der Waals surface area contributed by atoms with Gasteiger partial charge in [0.15, 0.2) is 0 Å². The van der Waals surface area contributed by atoms with Crippen LogP contribution in [0.25, 0.3) is 0 Å². The van der Waals surface area contributed by atoms with Gasteiger partial charge in [0.1, 0.15) is 0 Å². The summed E-state index contributed by atoms with van der Waals surface area (Å²) in [5, 5.41) is 11.8. The van der Waals surface area contributed by atoms with Gasteiger partial charge < -0.3 is 15.3 Å². The summed E-state index contributed by atoms with van der Waals surface area (Å²) in [6.07, 6.45) is 2.11. The fourth-order valence-corrected chi connectivity index (χ4v) is 2.89. The molecular weight excluding hydrogens is 348 g/mol. The highest BCUT2D eigenvalue weighted by Gasteiger charge is 2.44. The molecule has 120 valence electrons. The first-order valence-corrected chi connectivity index (χ1v) is 8.11. The van der Waals surface area contributed by atoms with Gasteiger partial charge >= 0.3 is 12.0 Å². The standard InChI is InChI=1S/C16H21BrN2O3/c1-11(14(20)21)9-19(2)15(22)18-10-16(6-7-16)12-4-3-5-13(17)8-12/h3-5,8,11H,6-7,9-10H2,1-2H3,(H,18,22)(H,20,21). The van der Waals surface area contributed by atoms with E-state index in [2.05, 4.69) is 33.4 Å². The quantitative estimate of drug-likeness (QED) is 0.810. The van der Waals surface area contributed by atoms with Crippen LogP contribution in [0.4, 0.5) is 4.79 Å². The molecular formula is C16H21BrN2O3. The third-order valence-electron chi connectivity index (χ3n) is 4.18. The van der Waals surface area contributed by atoms with Gasteiger partial charge in [-0.3, -0.25) is 4.79 Å². The minimum absolute atomic E-state index is 0.0265. The lowest BCUT2D eigenvalue weighted by atomic mass is 9.96. The summed E-state index contributed by atoms with van der Waals surface area (Å²) in [4.78, 5) is 24.4. The molecule has 1 aliphatic carbocycles. The highest BCUT2D eigenvalue weighted by atomic mass is 79.9. The molecule has 1 fully saturated rings. The van der Waals surface area contributed by atoms with E-state index in [-0.39, 0.29) is 18.0 Å². The van der Waals surface area contributed by atoms with Crippen molar-refractivity contribution < 1.29 is 14.7 Å². The summed E-state index contributed by atoms with van der Waals surface area (Å²) < 4.78 is 1.04. The van der Waals surface area contributed by atoms with Crippen molar-refractivity contribution in [1.29, 1.82) is 0 Å². The second kappa shape index (κ2) is 6.69. The monoisotopic (exact) mass is 368 g/mol. The number of urea groups is 1. The van der Waals surface area contributed by atoms with Crippen molar-refractivity contribution in [2.75, 3.05) is 20.1 Å². The molecule has 1 aromatic carbocycles. The lowest BCUT2D eigenvalue weighted by Gasteiger charge is -2.23. The Balaban J connectivity index is 1.90. The van der Waals surface area contributed by atoms with E-state index in [0.717, 1.165) is 17.3 Å². The fourth-order valence-electron chi connectivity index (χ4n) is 2.49. The Morgan fingerprint density at radius 3 is 2.68 bits per heavy atom. The molecule has 0 aliphatic heterocycles. The minimum atomic E-state index is -0.896. The summed E-state index contributed by atoms with van der Waals surface area (Å²) in [5.74, 6) is -1.47. The molecule has 1 aliphatic rings. The molecule has 2 rings (SSSR count). The third kappa shape index (κ3) is 4.00. The van der Waals surface area contributed by atoms with Crippen molar-refractivity contribution in [2.45, 2.75) is 25.2 Å². The van der Waals surface area contributed by atoms with Crippen molar-refractivity contribution >= 4 is 27.9 Å². The van der Waals surface area contributed by atoms with Crippen LogP contribution in [0.15, 0.2) is 28.7 Å². The van der Waals surface area contributed by atoms with E-state index in [1.165, 1.54) is 10.5 Å². The number of nitrogens with zero attached hydrogens (tertiary/aromatic N) is 1. The van der Waals surface area contributed by atoms with Crippen molar-refractivity contribution in [3.63, 3.8) is 0 Å². The Morgan fingerprint density at radius 1 is 1.45 bits per heavy atom. The molecule has 0 spiro atoms. The largest absolute Gasteiger partial charge is 0.481 e. The van der Waals surface area contributed by atoms with Crippen LogP contribution in [0.1, 0.15) is 25.3 Å². The fraction of sp³-hybridized carbons (Fsp3) is 0.500. The molecule has 0 saturated heterocycles. The summed E-state index contributed by atoms with van der Waals surface area (Å²) in [7, 11) is 1.62. The molecule has 2 amide bonds. The first-order chi connectivity index (χ1) is 10.3. The maximum absolute atomic E-state index is 12.1. The Morgan fingerprint density at radius 2 is 2.14 bits per heavy atom. The van der Waals surface area contributed by atoms with Gasteiger partial charge in [-0.05, 0) is 30.5 Å². The van der Waals surface area contributed by atoms with Gasteiger partial charge in [-0.2, -0.15) is 0 Å². The highest BCUT2D eigenvalue weighted by molar-refractivity contribution is 9.10. The zero-order valence-electron chi connectivity index (χ0n) is 12.8. The van der Waals surface area contributed by atoms with E-state index in [9.17, 15) is 9.59 Å². The number of carboxylic acid groups (broad SMARTS) is 1. The van der Waals surface area contributed by atoms with Crippen LogP contribution < -0.4 is 5.32 Å². The van der Waals surface area contributed by atoms with E-state index < -0.39 is 11.9 Å². The molecule has 5 nitrogen and oxygen atoms in total. The molecule has 0 radical (unpaired) electrons. The van der Waals surface area contributed by atoms with Gasteiger partial charge in [-0.1, -0.05) is 35.0 Å². The van der Waals surface area contributed by atoms with Gasteiger partial charge in [-0.15, -0.1) is 0 Å². The predicted molar refractivity (Wildman–Crippen MR) is 87.9 cm³/mol. The van der Waals surface area contributed by atoms with Gasteiger partial charge in [0.2, 0.25) is 0 Å². The number of hydrogen-bond acceptors (Lipinski definition) is 2. The maximum atomic E-state index is 12.1. The molecule has 0 aromatic heterocycles. The SMILES string of the molecule is CC(CN(C)C(=O)NCC1(c2cccc(Br)c2)CC1)C(=O)O. The number of rotatable bonds is 6. The zero-order chi connectivity index (χ0) is 16.3. The molecule has 1 saturated carbocycles. The highest BCUT2D eigenvalue weighted by Crippen LogP contribution is 2.48. The first-order valence-electron chi connectivity index (χ1n) is 7.32. The zero-order valence-corrected chi connectivity index (χ0v) is 14.4. The minimum Gasteiger partial charge on any atom is -0.481 e. The van der Waals surface area contributed by atoms with Crippen LogP contribution in [-0.4, -0.2) is 42.1 Å². The smallest absolute Gasteiger partial charge is 0.317 e. The van der Waals surface area contributed by atoms with Crippen LogP contribution in [0.3, 0.4) is 0 Å². The average Bonchev–Trinajstić information content (AvgIpc) is 3.25. The molecule has 1 aromatic rings. The number of benzene rings is 1. The average molecular weight is 369 g/mol. The van der Waals surface area contributed by atoms with Crippen LogP contribution in [0.5, 0.6) is 0 Å². The van der Waals surface area contributed by atoms with Gasteiger partial charge in [0.25, 0.3) is 0 Å². The van der Waals surface area contributed by atoms with Crippen LogP contribution in [-0.2, 0) is 10.2 Å². The Hall–Kier alpha value is -1.56. The van der Waals surface area contributed by atoms with Crippen LogP contribution in [0.2, 0.25) is 0 Å². The van der Waals surface area contributed by atoms with E-state index >= 15 is 0 Å². The molecule has 22 heavy (non-hydrogen) atoms. The lowest BCUT2D eigenvalue weighted by Crippen LogP contribution is -2.43. The molecule has 1 unspecified atom stereocenters. The first kappa shape index (κ1) is 16.8. The Bertz CT molecular complexity index is 572. The summed E-state index contributed by atoms with van der Waals surface area (Å²) in [5.41, 5.74) is 1.25. The number of amides is 2. The van der Waals surface area contributed by atoms with Gasteiger partial charge in [0, 0.05) is 30.0 Å². The molecule has 0 heterocycles. The van der Waals surface area contributed by atoms with Crippen LogP contribution in [0, 0.1) is 5.92 Å². The molecule has 6 heteroatoms. The number of carbonyl (C=O) groups is 2. The predicted octanol–water partition coefficient (Wildman–Crippen LogP) is 2.84. The van der Waals surface area contributed by atoms with E-state index in [1.807, 2.05) is 12.1 Å². The molecule has 1 atom stereocenters. The van der Waals surface area contributed by atoms with Crippen LogP contribution >= 0.6 is 15.9 Å². The summed E-state index contributed by atoms with van der Waals surface area (Å²) in [6.45, 7) is 2.37. The van der Waals surface area contributed by atoms with Crippen molar-refractivity contribution in [3.8, 4) is 0 Å². The molecule has 0 bridgehead atoms. The van der Waals surface area contributed by atoms with Gasteiger partial charge in [0.05, 0.1) is 5.92 Å². The number of carbonyl (C=O) groups excluding carboxylic acids is 1.